The van der Waals surface area contributed by atoms with Crippen LogP contribution in [-0.2, 0) is 0 Å². The largest absolute Gasteiger partial charge is 0.497 e. The zero-order valence-electron chi connectivity index (χ0n) is 19.7. The molecule has 1 aromatic heterocycles. The summed E-state index contributed by atoms with van der Waals surface area (Å²) in [6.45, 7) is 10.1. The van der Waals surface area contributed by atoms with Crippen molar-refractivity contribution in [2.45, 2.75) is 56.9 Å². The Hall–Kier alpha value is -2.81. The number of hydrogen-bond acceptors (Lipinski definition) is 3. The van der Waals surface area contributed by atoms with Crippen LogP contribution in [0.4, 0.5) is 5.69 Å². The second kappa shape index (κ2) is 11.4. The lowest BCUT2D eigenvalue weighted by atomic mass is 9.88. The van der Waals surface area contributed by atoms with Crippen molar-refractivity contribution >= 4 is 16.6 Å². The standard InChI is InChI=1S/C28H36N4O/c1-30-22-12-13-28-26(19-22)27(20-32(28)23-9-4-3-5-10-23)25(14-17-31-16-7-15-29)21-8-6-11-24(18-21)33-2/h6,8,11-13,18-20,23,25,31H,3-5,7,9-10,14-17,29H2,2H3. The van der Waals surface area contributed by atoms with Crippen LogP contribution in [0.25, 0.3) is 15.7 Å². The maximum atomic E-state index is 7.57. The zero-order valence-corrected chi connectivity index (χ0v) is 19.7. The van der Waals surface area contributed by atoms with Crippen molar-refractivity contribution in [2.24, 2.45) is 5.73 Å². The minimum atomic E-state index is 0.221. The molecule has 3 N–H and O–H groups in total. The summed E-state index contributed by atoms with van der Waals surface area (Å²) in [5.74, 6) is 1.10. The van der Waals surface area contributed by atoms with Crippen LogP contribution in [0.15, 0.2) is 48.7 Å². The Balaban J connectivity index is 1.77. The van der Waals surface area contributed by atoms with Crippen LogP contribution in [0.1, 0.15) is 68.0 Å². The van der Waals surface area contributed by atoms with E-state index in [4.69, 9.17) is 17.0 Å². The summed E-state index contributed by atoms with van der Waals surface area (Å²) in [7, 11) is 1.72. The zero-order chi connectivity index (χ0) is 23.0. The molecule has 1 fully saturated rings. The molecule has 0 aliphatic heterocycles. The molecule has 0 bridgehead atoms. The molecule has 5 nitrogen and oxygen atoms in total. The van der Waals surface area contributed by atoms with E-state index in [1.807, 2.05) is 12.1 Å². The third-order valence-corrected chi connectivity index (χ3v) is 6.98. The maximum absolute atomic E-state index is 7.57. The lowest BCUT2D eigenvalue weighted by molar-refractivity contribution is 0.360. The van der Waals surface area contributed by atoms with Crippen LogP contribution in [0, 0.1) is 6.57 Å². The van der Waals surface area contributed by atoms with Crippen LogP contribution < -0.4 is 15.8 Å². The maximum Gasteiger partial charge on any atom is 0.187 e. The average molecular weight is 445 g/mol. The van der Waals surface area contributed by atoms with Crippen molar-refractivity contribution < 1.29 is 4.74 Å². The fourth-order valence-electron chi connectivity index (χ4n) is 5.24. The van der Waals surface area contributed by atoms with Gasteiger partial charge in [-0.2, -0.15) is 0 Å². The first-order valence-electron chi connectivity index (χ1n) is 12.3. The highest BCUT2D eigenvalue weighted by Gasteiger charge is 2.24. The summed E-state index contributed by atoms with van der Waals surface area (Å²) in [5, 5.41) is 4.77. The molecule has 1 saturated carbocycles. The molecule has 1 unspecified atom stereocenters. The van der Waals surface area contributed by atoms with E-state index in [1.165, 1.54) is 54.1 Å². The summed E-state index contributed by atoms with van der Waals surface area (Å²) < 4.78 is 8.05. The van der Waals surface area contributed by atoms with Gasteiger partial charge in [0.1, 0.15) is 5.75 Å². The van der Waals surface area contributed by atoms with E-state index in [-0.39, 0.29) is 5.92 Å². The summed E-state index contributed by atoms with van der Waals surface area (Å²) in [6.07, 6.45) is 10.7. The Labute approximate surface area is 197 Å². The van der Waals surface area contributed by atoms with Gasteiger partial charge in [-0.1, -0.05) is 37.5 Å². The molecule has 4 rings (SSSR count). The first kappa shape index (κ1) is 23.4. The molecule has 1 aliphatic rings. The molecule has 33 heavy (non-hydrogen) atoms. The van der Waals surface area contributed by atoms with Crippen molar-refractivity contribution in [3.05, 3.63) is 71.2 Å². The van der Waals surface area contributed by atoms with E-state index in [9.17, 15) is 0 Å². The highest BCUT2D eigenvalue weighted by atomic mass is 16.5. The molecular weight excluding hydrogens is 408 g/mol. The van der Waals surface area contributed by atoms with Gasteiger partial charge in [-0.3, -0.25) is 0 Å². The highest BCUT2D eigenvalue weighted by Crippen LogP contribution is 2.40. The molecule has 1 aliphatic carbocycles. The number of hydrogen-bond donors (Lipinski definition) is 2. The summed E-state index contributed by atoms with van der Waals surface area (Å²) in [5.41, 5.74) is 10.2. The van der Waals surface area contributed by atoms with Gasteiger partial charge in [0.05, 0.1) is 13.7 Å². The molecule has 0 spiro atoms. The van der Waals surface area contributed by atoms with Crippen LogP contribution >= 0.6 is 0 Å². The number of benzene rings is 2. The fourth-order valence-corrected chi connectivity index (χ4v) is 5.24. The molecule has 1 heterocycles. The smallest absolute Gasteiger partial charge is 0.187 e. The van der Waals surface area contributed by atoms with Gasteiger partial charge < -0.3 is 20.4 Å². The van der Waals surface area contributed by atoms with Gasteiger partial charge in [0, 0.05) is 23.7 Å². The topological polar surface area (TPSA) is 56.6 Å². The second-order valence-corrected chi connectivity index (χ2v) is 9.11. The first-order chi connectivity index (χ1) is 16.2. The molecule has 1 atom stereocenters. The quantitative estimate of drug-likeness (QED) is 0.291. The number of methoxy groups -OCH3 is 1. The molecule has 0 amide bonds. The van der Waals surface area contributed by atoms with Crippen LogP contribution in [0.2, 0.25) is 0 Å². The number of fused-ring (bicyclic) bond motifs is 1. The highest BCUT2D eigenvalue weighted by molar-refractivity contribution is 5.88. The molecule has 174 valence electrons. The monoisotopic (exact) mass is 444 g/mol. The number of nitrogens with zero attached hydrogens (tertiary/aromatic N) is 2. The predicted octanol–water partition coefficient (Wildman–Crippen LogP) is 6.17. The minimum Gasteiger partial charge on any atom is -0.497 e. The number of aromatic nitrogens is 1. The van der Waals surface area contributed by atoms with Crippen molar-refractivity contribution in [2.75, 3.05) is 26.7 Å². The van der Waals surface area contributed by atoms with Crippen molar-refractivity contribution in [3.8, 4) is 5.75 Å². The third-order valence-electron chi connectivity index (χ3n) is 6.98. The van der Waals surface area contributed by atoms with E-state index in [0.29, 0.717) is 18.3 Å². The number of rotatable bonds is 10. The van der Waals surface area contributed by atoms with Crippen molar-refractivity contribution in [1.29, 1.82) is 0 Å². The Morgan fingerprint density at radius 1 is 1.15 bits per heavy atom. The van der Waals surface area contributed by atoms with Crippen LogP contribution in [0.3, 0.4) is 0 Å². The van der Waals surface area contributed by atoms with Gasteiger partial charge in [-0.25, -0.2) is 4.85 Å². The Bertz CT molecular complexity index is 1090. The first-order valence-corrected chi connectivity index (χ1v) is 12.3. The van der Waals surface area contributed by atoms with E-state index in [0.717, 1.165) is 31.7 Å². The second-order valence-electron chi connectivity index (χ2n) is 9.11. The molecule has 3 aromatic rings. The lowest BCUT2D eigenvalue weighted by Crippen LogP contribution is -2.21. The minimum absolute atomic E-state index is 0.221. The van der Waals surface area contributed by atoms with Gasteiger partial charge in [-0.05, 0) is 86.1 Å². The Morgan fingerprint density at radius 2 is 2.00 bits per heavy atom. The van der Waals surface area contributed by atoms with Gasteiger partial charge >= 0.3 is 0 Å². The summed E-state index contributed by atoms with van der Waals surface area (Å²) in [6, 6.07) is 15.2. The normalized spacial score (nSPS) is 15.4. The Kier molecular flexibility index (Phi) is 8.04. The molecule has 2 aromatic carbocycles. The van der Waals surface area contributed by atoms with E-state index >= 15 is 0 Å². The van der Waals surface area contributed by atoms with Gasteiger partial charge in [0.25, 0.3) is 0 Å². The average Bonchev–Trinajstić information content (AvgIpc) is 3.25. The molecule has 0 radical (unpaired) electrons. The number of nitrogens with one attached hydrogen (secondary N) is 1. The number of nitrogens with two attached hydrogens (primary N) is 1. The van der Waals surface area contributed by atoms with E-state index in [1.54, 1.807) is 7.11 Å². The van der Waals surface area contributed by atoms with Crippen LogP contribution in [-0.4, -0.2) is 31.3 Å². The molecule has 5 heteroatoms. The van der Waals surface area contributed by atoms with E-state index < -0.39 is 0 Å². The molecular formula is C28H36N4O. The van der Waals surface area contributed by atoms with Crippen molar-refractivity contribution in [1.82, 2.24) is 9.88 Å². The van der Waals surface area contributed by atoms with Crippen LogP contribution in [0.5, 0.6) is 5.75 Å². The van der Waals surface area contributed by atoms with Gasteiger partial charge in [0.2, 0.25) is 0 Å². The SMILES string of the molecule is [C-]#[N+]c1ccc2c(c1)c(C(CCNCCCN)c1cccc(OC)c1)cn2C1CCCCC1. The fraction of sp³-hybridized carbons (Fsp3) is 0.464. The van der Waals surface area contributed by atoms with Gasteiger partial charge in [0.15, 0.2) is 5.69 Å². The summed E-state index contributed by atoms with van der Waals surface area (Å²) in [4.78, 5) is 3.74. The van der Waals surface area contributed by atoms with Gasteiger partial charge in [-0.15, -0.1) is 0 Å². The van der Waals surface area contributed by atoms with E-state index in [2.05, 4.69) is 51.3 Å². The Morgan fingerprint density at radius 3 is 2.76 bits per heavy atom. The lowest BCUT2D eigenvalue weighted by Gasteiger charge is -2.24. The number of ether oxygens (including phenoxy) is 1. The van der Waals surface area contributed by atoms with Crippen molar-refractivity contribution in [3.63, 3.8) is 0 Å². The third kappa shape index (κ3) is 5.40. The predicted molar refractivity (Wildman–Crippen MR) is 136 cm³/mol. The summed E-state index contributed by atoms with van der Waals surface area (Å²) >= 11 is 0. The molecule has 0 saturated heterocycles.